The Morgan fingerprint density at radius 3 is 0.953 bits per heavy atom. The predicted molar refractivity (Wildman–Crippen MR) is 274 cm³/mol. The normalized spacial score (nSPS) is 12.9. The smallest absolute Gasteiger partial charge is 0.306 e. The number of ether oxygens (including phenoxy) is 3. The van der Waals surface area contributed by atoms with Gasteiger partial charge in [0.05, 0.1) is 0 Å². The van der Waals surface area contributed by atoms with Crippen LogP contribution < -0.4 is 0 Å². The summed E-state index contributed by atoms with van der Waals surface area (Å²) in [6.07, 6.45) is 68.4. The van der Waals surface area contributed by atoms with Crippen molar-refractivity contribution in [1.82, 2.24) is 0 Å². The topological polar surface area (TPSA) is 78.9 Å². The van der Waals surface area contributed by atoms with Crippen LogP contribution in [0, 0.1) is 0 Å². The van der Waals surface area contributed by atoms with Crippen molar-refractivity contribution in [3.05, 3.63) is 97.2 Å². The molecular weight excluding hydrogens is 793 g/mol. The molecule has 0 rings (SSSR count). The molecule has 0 aromatic heterocycles. The highest BCUT2D eigenvalue weighted by Crippen LogP contribution is 2.14. The molecule has 0 aliphatic rings. The van der Waals surface area contributed by atoms with Crippen molar-refractivity contribution in [2.45, 2.75) is 239 Å². The molecule has 0 fully saturated rings. The molecule has 0 aliphatic heterocycles. The number of carbonyl (C=O) groups is 3. The summed E-state index contributed by atoms with van der Waals surface area (Å²) < 4.78 is 16.7. The molecule has 0 aromatic carbocycles. The number of esters is 3. The third-order valence-electron chi connectivity index (χ3n) is 10.9. The van der Waals surface area contributed by atoms with Crippen LogP contribution in [-0.2, 0) is 28.6 Å². The minimum absolute atomic E-state index is 0.0895. The van der Waals surface area contributed by atoms with Gasteiger partial charge in [0.25, 0.3) is 0 Å². The Balaban J connectivity index is 4.30. The predicted octanol–water partition coefficient (Wildman–Crippen LogP) is 17.4. The first kappa shape index (κ1) is 60.3. The second kappa shape index (κ2) is 52.0. The van der Waals surface area contributed by atoms with E-state index in [4.69, 9.17) is 14.2 Å². The zero-order chi connectivity index (χ0) is 46.5. The first-order valence-electron chi connectivity index (χ1n) is 26.2. The third-order valence-corrected chi connectivity index (χ3v) is 10.9. The minimum Gasteiger partial charge on any atom is -0.462 e. The van der Waals surface area contributed by atoms with Gasteiger partial charge in [-0.25, -0.2) is 0 Å². The Labute approximate surface area is 394 Å². The third kappa shape index (κ3) is 49.3. The van der Waals surface area contributed by atoms with Gasteiger partial charge in [-0.05, 0) is 83.5 Å². The highest BCUT2D eigenvalue weighted by Gasteiger charge is 2.19. The molecule has 0 N–H and O–H groups in total. The van der Waals surface area contributed by atoms with Gasteiger partial charge < -0.3 is 14.2 Å². The number of hydrogen-bond acceptors (Lipinski definition) is 6. The van der Waals surface area contributed by atoms with Crippen molar-refractivity contribution in [1.29, 1.82) is 0 Å². The van der Waals surface area contributed by atoms with Crippen molar-refractivity contribution in [3.8, 4) is 0 Å². The number of hydrogen-bond donors (Lipinski definition) is 0. The van der Waals surface area contributed by atoms with E-state index in [1.807, 2.05) is 0 Å². The van der Waals surface area contributed by atoms with Crippen LogP contribution in [-0.4, -0.2) is 37.2 Å². The van der Waals surface area contributed by atoms with Gasteiger partial charge in [-0.2, -0.15) is 0 Å². The van der Waals surface area contributed by atoms with Crippen molar-refractivity contribution in [3.63, 3.8) is 0 Å². The van der Waals surface area contributed by atoms with Crippen LogP contribution in [0.3, 0.4) is 0 Å². The van der Waals surface area contributed by atoms with E-state index in [0.29, 0.717) is 19.3 Å². The molecule has 364 valence electrons. The summed E-state index contributed by atoms with van der Waals surface area (Å²) in [4.78, 5) is 37.8. The van der Waals surface area contributed by atoms with E-state index in [9.17, 15) is 14.4 Å². The molecule has 64 heavy (non-hydrogen) atoms. The molecule has 0 amide bonds. The highest BCUT2D eigenvalue weighted by atomic mass is 16.6. The van der Waals surface area contributed by atoms with Crippen molar-refractivity contribution >= 4 is 17.9 Å². The maximum atomic E-state index is 12.7. The lowest BCUT2D eigenvalue weighted by Crippen LogP contribution is -2.30. The first-order chi connectivity index (χ1) is 31.5. The standard InChI is InChI=1S/C58H96O6/c1-4-7-10-13-16-19-21-22-23-24-25-26-27-28-29-30-31-32-33-34-35-36-38-39-42-45-48-51-57(60)63-54-55(53-62-56(59)50-47-44-41-18-15-12-9-6-3)64-58(61)52-49-46-43-40-37-20-17-14-11-8-5-2/h7,10,16,19,22-23,25-26,28-29,31-32,34-35,38-39,55H,4-6,8-9,11-15,17-18,20-21,24,27,30,33,36-37,40-54H2,1-3H3/b10-7-,19-16-,23-22-,26-25-,29-28-,32-31-,35-34-,39-38-. The zero-order valence-electron chi connectivity index (χ0n) is 41.5. The van der Waals surface area contributed by atoms with E-state index in [0.717, 1.165) is 109 Å². The molecule has 0 saturated carbocycles. The Morgan fingerprint density at radius 2 is 0.609 bits per heavy atom. The molecule has 0 aliphatic carbocycles. The van der Waals surface area contributed by atoms with Crippen LogP contribution >= 0.6 is 0 Å². The molecule has 6 nitrogen and oxygen atoms in total. The fourth-order valence-corrected chi connectivity index (χ4v) is 6.93. The molecular formula is C58H96O6. The van der Waals surface area contributed by atoms with E-state index < -0.39 is 6.10 Å². The summed E-state index contributed by atoms with van der Waals surface area (Å²) in [5, 5.41) is 0. The molecule has 0 bridgehead atoms. The second-order valence-electron chi connectivity index (χ2n) is 17.1. The highest BCUT2D eigenvalue weighted by molar-refractivity contribution is 5.71. The Morgan fingerprint density at radius 1 is 0.328 bits per heavy atom. The number of allylic oxidation sites excluding steroid dienone is 16. The van der Waals surface area contributed by atoms with Crippen molar-refractivity contribution in [2.24, 2.45) is 0 Å². The second-order valence-corrected chi connectivity index (χ2v) is 17.1. The van der Waals surface area contributed by atoms with Crippen LogP contribution in [0.1, 0.15) is 233 Å². The summed E-state index contributed by atoms with van der Waals surface area (Å²) >= 11 is 0. The van der Waals surface area contributed by atoms with Crippen LogP contribution in [0.15, 0.2) is 97.2 Å². The molecule has 0 heterocycles. The van der Waals surface area contributed by atoms with Gasteiger partial charge >= 0.3 is 17.9 Å². The molecule has 0 radical (unpaired) electrons. The largest absolute Gasteiger partial charge is 0.462 e. The fourth-order valence-electron chi connectivity index (χ4n) is 6.93. The Bertz CT molecular complexity index is 1300. The quantitative estimate of drug-likeness (QED) is 0.0262. The fraction of sp³-hybridized carbons (Fsp3) is 0.672. The van der Waals surface area contributed by atoms with Gasteiger partial charge in [0.15, 0.2) is 6.10 Å². The SMILES string of the molecule is CC/C=C\C/C=C\C/C=C\C/C=C\C/C=C\C/C=C\C/C=C\C/C=C\CCCCC(=O)OCC(COC(=O)CCCCCCCCCC)OC(=O)CCCCCCCCCCCCC. The monoisotopic (exact) mass is 889 g/mol. The van der Waals surface area contributed by atoms with E-state index in [2.05, 4.69) is 118 Å². The zero-order valence-corrected chi connectivity index (χ0v) is 41.5. The van der Waals surface area contributed by atoms with Gasteiger partial charge in [-0.3, -0.25) is 14.4 Å². The summed E-state index contributed by atoms with van der Waals surface area (Å²) in [7, 11) is 0. The summed E-state index contributed by atoms with van der Waals surface area (Å²) in [6.45, 7) is 6.44. The minimum atomic E-state index is -0.790. The Hall–Kier alpha value is -3.67. The van der Waals surface area contributed by atoms with Gasteiger partial charge in [-0.1, -0.05) is 227 Å². The van der Waals surface area contributed by atoms with Crippen LogP contribution in [0.25, 0.3) is 0 Å². The lowest BCUT2D eigenvalue weighted by atomic mass is 10.1. The van der Waals surface area contributed by atoms with Gasteiger partial charge in [0.1, 0.15) is 13.2 Å². The Kier molecular flexibility index (Phi) is 49.0. The summed E-state index contributed by atoms with van der Waals surface area (Å²) in [6, 6.07) is 0. The molecule has 0 spiro atoms. The molecule has 6 heteroatoms. The van der Waals surface area contributed by atoms with Crippen LogP contribution in [0.5, 0.6) is 0 Å². The average Bonchev–Trinajstić information content (AvgIpc) is 3.29. The maximum Gasteiger partial charge on any atom is 0.306 e. The van der Waals surface area contributed by atoms with E-state index in [1.54, 1.807) is 0 Å². The van der Waals surface area contributed by atoms with Crippen LogP contribution in [0.4, 0.5) is 0 Å². The van der Waals surface area contributed by atoms with Gasteiger partial charge in [-0.15, -0.1) is 0 Å². The molecule has 1 unspecified atom stereocenters. The van der Waals surface area contributed by atoms with Crippen molar-refractivity contribution in [2.75, 3.05) is 13.2 Å². The lowest BCUT2D eigenvalue weighted by molar-refractivity contribution is -0.167. The summed E-state index contributed by atoms with van der Waals surface area (Å²) in [5.74, 6) is -0.943. The summed E-state index contributed by atoms with van der Waals surface area (Å²) in [5.41, 5.74) is 0. The number of rotatable bonds is 46. The average molecular weight is 889 g/mol. The van der Waals surface area contributed by atoms with E-state index >= 15 is 0 Å². The van der Waals surface area contributed by atoms with Crippen LogP contribution in [0.2, 0.25) is 0 Å². The molecule has 0 aromatic rings. The van der Waals surface area contributed by atoms with E-state index in [-0.39, 0.29) is 31.1 Å². The lowest BCUT2D eigenvalue weighted by Gasteiger charge is -2.18. The first-order valence-corrected chi connectivity index (χ1v) is 26.2. The number of unbranched alkanes of at least 4 members (excludes halogenated alkanes) is 19. The van der Waals surface area contributed by atoms with Gasteiger partial charge in [0.2, 0.25) is 0 Å². The van der Waals surface area contributed by atoms with Gasteiger partial charge in [0, 0.05) is 19.3 Å². The maximum absolute atomic E-state index is 12.7. The van der Waals surface area contributed by atoms with Crippen molar-refractivity contribution < 1.29 is 28.6 Å². The van der Waals surface area contributed by atoms with E-state index in [1.165, 1.54) is 83.5 Å². The molecule has 1 atom stereocenters. The number of carbonyl (C=O) groups excluding carboxylic acids is 3. The molecule has 0 saturated heterocycles.